The van der Waals surface area contributed by atoms with Gasteiger partial charge < -0.3 is 11.1 Å². The third-order valence-corrected chi connectivity index (χ3v) is 5.36. The van der Waals surface area contributed by atoms with E-state index in [1.807, 2.05) is 13.8 Å². The molecule has 130 valence electrons. The van der Waals surface area contributed by atoms with Gasteiger partial charge in [-0.2, -0.15) is 4.31 Å². The predicted octanol–water partition coefficient (Wildman–Crippen LogP) is 1.45. The van der Waals surface area contributed by atoms with Gasteiger partial charge >= 0.3 is 0 Å². The minimum Gasteiger partial charge on any atom is -0.351 e. The Hall–Kier alpha value is -1.15. The molecule has 0 aliphatic rings. The topological polar surface area (TPSA) is 92.5 Å². The molecule has 23 heavy (non-hydrogen) atoms. The van der Waals surface area contributed by atoms with Gasteiger partial charge in [0.05, 0.1) is 11.4 Å². The number of benzene rings is 1. The van der Waals surface area contributed by atoms with E-state index in [4.69, 9.17) is 17.3 Å². The summed E-state index contributed by atoms with van der Waals surface area (Å²) in [5.74, 6) is 0.0144. The van der Waals surface area contributed by atoms with Crippen molar-refractivity contribution >= 4 is 27.5 Å². The fourth-order valence-electron chi connectivity index (χ4n) is 2.13. The Labute approximate surface area is 143 Å². The summed E-state index contributed by atoms with van der Waals surface area (Å²) in [6, 6.07) is 5.65. The van der Waals surface area contributed by atoms with Gasteiger partial charge in [-0.3, -0.25) is 4.79 Å². The Kier molecular flexibility index (Phi) is 7.47. The number of hydrogen-bond acceptors (Lipinski definition) is 4. The van der Waals surface area contributed by atoms with Crippen LogP contribution in [0.3, 0.4) is 0 Å². The van der Waals surface area contributed by atoms with Crippen molar-refractivity contribution < 1.29 is 13.2 Å². The quantitative estimate of drug-likeness (QED) is 0.733. The van der Waals surface area contributed by atoms with Crippen molar-refractivity contribution in [2.75, 3.05) is 20.1 Å². The third-order valence-electron chi connectivity index (χ3n) is 3.29. The Morgan fingerprint density at radius 3 is 2.35 bits per heavy atom. The van der Waals surface area contributed by atoms with Crippen molar-refractivity contribution in [3.05, 3.63) is 29.3 Å². The van der Waals surface area contributed by atoms with E-state index in [-0.39, 0.29) is 23.4 Å². The highest BCUT2D eigenvalue weighted by atomic mass is 35.5. The lowest BCUT2D eigenvalue weighted by atomic mass is 10.0. The van der Waals surface area contributed by atoms with Crippen LogP contribution in [0.2, 0.25) is 5.02 Å². The van der Waals surface area contributed by atoms with Crippen LogP contribution in [0.1, 0.15) is 20.3 Å². The average molecular weight is 362 g/mol. The summed E-state index contributed by atoms with van der Waals surface area (Å²) in [6.07, 6.45) is 0.746. The second-order valence-electron chi connectivity index (χ2n) is 5.84. The first kappa shape index (κ1) is 19.9. The van der Waals surface area contributed by atoms with E-state index < -0.39 is 10.0 Å². The minimum atomic E-state index is -3.73. The lowest BCUT2D eigenvalue weighted by Crippen LogP contribution is -2.46. The summed E-state index contributed by atoms with van der Waals surface area (Å²) in [7, 11) is -2.37. The largest absolute Gasteiger partial charge is 0.351 e. The number of carbonyl (C=O) groups is 1. The van der Waals surface area contributed by atoms with Gasteiger partial charge in [0.15, 0.2) is 0 Å². The van der Waals surface area contributed by atoms with Gasteiger partial charge in [0.2, 0.25) is 15.9 Å². The molecule has 1 aromatic rings. The molecule has 0 aromatic heterocycles. The van der Waals surface area contributed by atoms with Gasteiger partial charge in [0.1, 0.15) is 0 Å². The van der Waals surface area contributed by atoms with Crippen LogP contribution in [-0.4, -0.2) is 44.8 Å². The molecule has 1 rings (SSSR count). The van der Waals surface area contributed by atoms with E-state index in [1.165, 1.54) is 31.3 Å². The molecule has 0 aliphatic carbocycles. The van der Waals surface area contributed by atoms with E-state index in [1.54, 1.807) is 0 Å². The molecule has 0 aliphatic heterocycles. The monoisotopic (exact) mass is 361 g/mol. The number of sulfonamides is 1. The predicted molar refractivity (Wildman–Crippen MR) is 91.7 cm³/mol. The molecule has 0 saturated heterocycles. The second kappa shape index (κ2) is 8.63. The molecule has 1 amide bonds. The molecule has 1 unspecified atom stereocenters. The fraction of sp³-hybridized carbons (Fsp3) is 0.533. The van der Waals surface area contributed by atoms with Crippen LogP contribution in [-0.2, 0) is 14.8 Å². The second-order valence-corrected chi connectivity index (χ2v) is 8.33. The molecular weight excluding hydrogens is 338 g/mol. The first-order valence-corrected chi connectivity index (χ1v) is 9.20. The molecule has 0 fully saturated rings. The number of halogens is 1. The Morgan fingerprint density at radius 2 is 1.87 bits per heavy atom. The van der Waals surface area contributed by atoms with E-state index in [2.05, 4.69) is 5.32 Å². The molecular formula is C15H24ClN3O3S. The molecule has 8 heteroatoms. The summed E-state index contributed by atoms with van der Waals surface area (Å²) in [6.45, 7) is 4.12. The fourth-order valence-corrected chi connectivity index (χ4v) is 3.38. The maximum Gasteiger partial charge on any atom is 0.243 e. The Morgan fingerprint density at radius 1 is 1.30 bits per heavy atom. The maximum absolute atomic E-state index is 12.4. The van der Waals surface area contributed by atoms with Gasteiger partial charge in [-0.15, -0.1) is 0 Å². The number of nitrogens with zero attached hydrogens (tertiary/aromatic N) is 1. The lowest BCUT2D eigenvalue weighted by Gasteiger charge is -2.21. The highest BCUT2D eigenvalue weighted by Crippen LogP contribution is 2.17. The van der Waals surface area contributed by atoms with Gasteiger partial charge in [0, 0.05) is 24.7 Å². The lowest BCUT2D eigenvalue weighted by molar-refractivity contribution is -0.121. The Balaban J connectivity index is 2.72. The maximum atomic E-state index is 12.4. The Bertz CT molecular complexity index is 617. The molecule has 0 spiro atoms. The van der Waals surface area contributed by atoms with Crippen LogP contribution in [0, 0.1) is 5.92 Å². The van der Waals surface area contributed by atoms with Crippen LogP contribution >= 0.6 is 11.6 Å². The highest BCUT2D eigenvalue weighted by Gasteiger charge is 2.23. The molecule has 0 saturated carbocycles. The first-order chi connectivity index (χ1) is 10.7. The molecule has 1 aromatic carbocycles. The number of nitrogens with one attached hydrogen (secondary N) is 1. The zero-order chi connectivity index (χ0) is 17.6. The zero-order valence-electron chi connectivity index (χ0n) is 13.6. The van der Waals surface area contributed by atoms with Crippen molar-refractivity contribution in [1.82, 2.24) is 9.62 Å². The van der Waals surface area contributed by atoms with Crippen LogP contribution in [0.5, 0.6) is 0 Å². The number of carbonyl (C=O) groups excluding carboxylic acids is 1. The van der Waals surface area contributed by atoms with Crippen molar-refractivity contribution in [1.29, 1.82) is 0 Å². The van der Waals surface area contributed by atoms with E-state index in [9.17, 15) is 13.2 Å². The number of nitrogens with two attached hydrogens (primary N) is 1. The molecule has 6 nitrogen and oxygen atoms in total. The standard InChI is InChI=1S/C15H24ClN3O3S/c1-11(2)8-13(9-17)18-15(20)10-19(3)23(21,22)14-6-4-12(16)5-7-14/h4-7,11,13H,8-10,17H2,1-3H3,(H,18,20). The number of likely N-dealkylation sites (N-methyl/N-ethyl adjacent to an activating group) is 1. The van der Waals surface area contributed by atoms with Crippen molar-refractivity contribution in [3.8, 4) is 0 Å². The van der Waals surface area contributed by atoms with Crippen LogP contribution in [0.15, 0.2) is 29.2 Å². The van der Waals surface area contributed by atoms with E-state index in [0.29, 0.717) is 17.5 Å². The first-order valence-electron chi connectivity index (χ1n) is 7.38. The molecule has 0 bridgehead atoms. The van der Waals surface area contributed by atoms with Gasteiger partial charge in [0.25, 0.3) is 0 Å². The molecule has 1 atom stereocenters. The van der Waals surface area contributed by atoms with Gasteiger partial charge in [-0.1, -0.05) is 25.4 Å². The highest BCUT2D eigenvalue weighted by molar-refractivity contribution is 7.89. The van der Waals surface area contributed by atoms with Crippen molar-refractivity contribution in [2.24, 2.45) is 11.7 Å². The zero-order valence-corrected chi connectivity index (χ0v) is 15.2. The van der Waals surface area contributed by atoms with E-state index >= 15 is 0 Å². The molecule has 0 heterocycles. The SMILES string of the molecule is CC(C)CC(CN)NC(=O)CN(C)S(=O)(=O)c1ccc(Cl)cc1. The van der Waals surface area contributed by atoms with Crippen LogP contribution < -0.4 is 11.1 Å². The normalized spacial score (nSPS) is 13.3. The summed E-state index contributed by atoms with van der Waals surface area (Å²) in [4.78, 5) is 12.1. The van der Waals surface area contributed by atoms with Crippen molar-refractivity contribution in [3.63, 3.8) is 0 Å². The number of rotatable bonds is 8. The molecule has 3 N–H and O–H groups in total. The minimum absolute atomic E-state index is 0.0924. The molecule has 0 radical (unpaired) electrons. The summed E-state index contributed by atoms with van der Waals surface area (Å²) in [5.41, 5.74) is 5.63. The number of hydrogen-bond donors (Lipinski definition) is 2. The van der Waals surface area contributed by atoms with Gasteiger partial charge in [-0.25, -0.2) is 8.42 Å². The van der Waals surface area contributed by atoms with Crippen molar-refractivity contribution in [2.45, 2.75) is 31.2 Å². The summed E-state index contributed by atoms with van der Waals surface area (Å²) in [5, 5.41) is 3.22. The average Bonchev–Trinajstić information content (AvgIpc) is 2.46. The van der Waals surface area contributed by atoms with Crippen LogP contribution in [0.25, 0.3) is 0 Å². The van der Waals surface area contributed by atoms with E-state index in [0.717, 1.165) is 10.7 Å². The number of amides is 1. The van der Waals surface area contributed by atoms with Crippen LogP contribution in [0.4, 0.5) is 0 Å². The smallest absolute Gasteiger partial charge is 0.243 e. The summed E-state index contributed by atoms with van der Waals surface area (Å²) >= 11 is 5.76. The van der Waals surface area contributed by atoms with Gasteiger partial charge in [-0.05, 0) is 36.6 Å². The third kappa shape index (κ3) is 6.10. The summed E-state index contributed by atoms with van der Waals surface area (Å²) < 4.78 is 25.8.